The first-order chi connectivity index (χ1) is 14.7. The van der Waals surface area contributed by atoms with Crippen LogP contribution in [-0.4, -0.2) is 33.9 Å². The summed E-state index contributed by atoms with van der Waals surface area (Å²) in [6.07, 6.45) is 0.267. The average molecular weight is 461 g/mol. The lowest BCUT2D eigenvalue weighted by Gasteiger charge is -2.33. The van der Waals surface area contributed by atoms with Crippen molar-refractivity contribution >= 4 is 18.9 Å². The summed E-state index contributed by atoms with van der Waals surface area (Å²) in [5.74, 6) is -4.97. The Bertz CT molecular complexity index is 714. The summed E-state index contributed by atoms with van der Waals surface area (Å²) in [4.78, 5) is 0. The molecule has 0 saturated carbocycles. The molecule has 31 heavy (non-hydrogen) atoms. The van der Waals surface area contributed by atoms with Crippen molar-refractivity contribution in [1.82, 2.24) is 0 Å². The zero-order valence-electron chi connectivity index (χ0n) is 17.6. The van der Waals surface area contributed by atoms with Crippen molar-refractivity contribution in [2.24, 2.45) is 0 Å². The van der Waals surface area contributed by atoms with E-state index >= 15 is 0 Å². The summed E-state index contributed by atoms with van der Waals surface area (Å²) >= 11 is 0. The summed E-state index contributed by atoms with van der Waals surface area (Å²) in [5, 5.41) is 0.982. The summed E-state index contributed by atoms with van der Waals surface area (Å²) in [6, 6.07) is 16.9. The minimum Gasteiger partial charge on any atom is -0.388 e. The maximum Gasteiger partial charge on any atom is 0.455 e. The van der Waals surface area contributed by atoms with Gasteiger partial charge in [0.2, 0.25) is 0 Å². The maximum absolute atomic E-state index is 13.8. The topological polar surface area (TPSA) is 18.5 Å². The van der Waals surface area contributed by atoms with Crippen molar-refractivity contribution in [1.29, 1.82) is 0 Å². The Morgan fingerprint density at radius 1 is 0.677 bits per heavy atom. The van der Waals surface area contributed by atoms with Crippen LogP contribution in [0.2, 0.25) is 0 Å². The summed E-state index contributed by atoms with van der Waals surface area (Å²) in [6.45, 7) is 0.555. The van der Waals surface area contributed by atoms with Crippen LogP contribution in [0.4, 0.5) is 22.0 Å². The monoisotopic (exact) mass is 460 g/mol. The van der Waals surface area contributed by atoms with E-state index in [0.29, 0.717) is 16.8 Å². The quantitative estimate of drug-likeness (QED) is 0.213. The van der Waals surface area contributed by atoms with Gasteiger partial charge in [0.05, 0.1) is 0 Å². The van der Waals surface area contributed by atoms with Crippen LogP contribution in [0.1, 0.15) is 45.4 Å². The predicted octanol–water partition coefficient (Wildman–Crippen LogP) is 5.83. The van der Waals surface area contributed by atoms with E-state index in [2.05, 4.69) is 6.92 Å². The van der Waals surface area contributed by atoms with Crippen molar-refractivity contribution in [3.05, 3.63) is 60.7 Å². The molecule has 0 aliphatic heterocycles. The maximum atomic E-state index is 13.8. The number of alkyl halides is 5. The zero-order chi connectivity index (χ0) is 22.8. The lowest BCUT2D eigenvalue weighted by Crippen LogP contribution is -2.65. The first-order valence-corrected chi connectivity index (χ1v) is 12.4. The number of hydrogen-bond donors (Lipinski definition) is 0. The van der Waals surface area contributed by atoms with Gasteiger partial charge in [-0.3, -0.25) is 0 Å². The van der Waals surface area contributed by atoms with Gasteiger partial charge in [-0.25, -0.2) is 0 Å². The lowest BCUT2D eigenvalue weighted by molar-refractivity contribution is -0.291. The van der Waals surface area contributed by atoms with Gasteiger partial charge in [-0.1, -0.05) is 99.7 Å². The van der Waals surface area contributed by atoms with E-state index in [0.717, 1.165) is 32.1 Å². The van der Waals surface area contributed by atoms with Crippen LogP contribution in [0.25, 0.3) is 0 Å². The third-order valence-electron chi connectivity index (χ3n) is 4.98. The molecule has 0 amide bonds. The van der Waals surface area contributed by atoms with E-state index < -0.39 is 27.3 Å². The van der Waals surface area contributed by atoms with Crippen LogP contribution in [0.15, 0.2) is 60.7 Å². The Kier molecular flexibility index (Phi) is 9.65. The van der Waals surface area contributed by atoms with Crippen molar-refractivity contribution in [3.8, 4) is 0 Å². The Labute approximate surface area is 181 Å². The fourth-order valence-electron chi connectivity index (χ4n) is 3.23. The first kappa shape index (κ1) is 25.5. The van der Waals surface area contributed by atoms with Gasteiger partial charge >= 0.3 is 20.7 Å². The van der Waals surface area contributed by atoms with Crippen LogP contribution >= 0.6 is 0 Å². The van der Waals surface area contributed by atoms with Gasteiger partial charge < -0.3 is 8.85 Å². The third kappa shape index (κ3) is 7.12. The predicted molar refractivity (Wildman–Crippen MR) is 114 cm³/mol. The largest absolute Gasteiger partial charge is 0.455 e. The highest BCUT2D eigenvalue weighted by molar-refractivity contribution is 6.92. The highest BCUT2D eigenvalue weighted by Crippen LogP contribution is 2.36. The summed E-state index contributed by atoms with van der Waals surface area (Å²) in [5.41, 5.74) is 0. The molecule has 2 aromatic carbocycles. The van der Waals surface area contributed by atoms with Gasteiger partial charge in [-0.15, -0.1) is 0 Å². The molecular weight excluding hydrogens is 431 g/mol. The number of unbranched alkanes of at least 4 members (excludes halogenated alkanes) is 5. The molecule has 0 atom stereocenters. The van der Waals surface area contributed by atoms with Gasteiger partial charge in [0.1, 0.15) is 6.61 Å². The Hall–Kier alpha value is -1.77. The Morgan fingerprint density at radius 2 is 1.16 bits per heavy atom. The molecule has 0 bridgehead atoms. The standard InChI is InChI=1S/C23H29F5O2Si/c1-2-3-4-5-6-13-18-29-31(20-14-9-7-10-15-20,21-16-11-8-12-17-21)30-19-22(24,25)23(26,27)28/h7-12,14-17H,2-6,13,18-19H2,1H3. The molecule has 0 spiro atoms. The second-order valence-corrected chi connectivity index (χ2v) is 10.4. The fourth-order valence-corrected chi connectivity index (χ4v) is 6.39. The van der Waals surface area contributed by atoms with E-state index in [-0.39, 0.29) is 6.61 Å². The SMILES string of the molecule is CCCCCCCCO[Si](OCC(F)(F)C(F)(F)F)(c1ccccc1)c1ccccc1. The summed E-state index contributed by atoms with van der Waals surface area (Å²) in [7, 11) is -3.79. The number of benzene rings is 2. The number of rotatable bonds is 13. The van der Waals surface area contributed by atoms with E-state index in [9.17, 15) is 22.0 Å². The molecule has 0 heterocycles. The smallest absolute Gasteiger partial charge is 0.388 e. The molecule has 0 radical (unpaired) electrons. The molecule has 2 rings (SSSR count). The van der Waals surface area contributed by atoms with Crippen LogP contribution < -0.4 is 10.4 Å². The van der Waals surface area contributed by atoms with Crippen LogP contribution in [0.3, 0.4) is 0 Å². The molecule has 0 aromatic heterocycles. The highest BCUT2D eigenvalue weighted by atomic mass is 28.4. The van der Waals surface area contributed by atoms with E-state index in [4.69, 9.17) is 8.85 Å². The van der Waals surface area contributed by atoms with Crippen molar-refractivity contribution in [3.63, 3.8) is 0 Å². The van der Waals surface area contributed by atoms with Gasteiger partial charge in [-0.2, -0.15) is 22.0 Å². The molecular formula is C23H29F5O2Si. The highest BCUT2D eigenvalue weighted by Gasteiger charge is 2.59. The molecule has 2 nitrogen and oxygen atoms in total. The number of halogens is 5. The van der Waals surface area contributed by atoms with E-state index in [1.807, 2.05) is 0 Å². The molecule has 2 aromatic rings. The minimum atomic E-state index is -5.69. The molecule has 0 aliphatic carbocycles. The van der Waals surface area contributed by atoms with Crippen LogP contribution in [0, 0.1) is 0 Å². The molecule has 0 aliphatic rings. The second-order valence-electron chi connectivity index (χ2n) is 7.46. The Balaban J connectivity index is 2.29. The van der Waals surface area contributed by atoms with Crippen molar-refractivity contribution in [2.45, 2.75) is 57.5 Å². The second kappa shape index (κ2) is 11.7. The van der Waals surface area contributed by atoms with Gasteiger partial charge in [-0.05, 0) is 16.8 Å². The number of hydrogen-bond acceptors (Lipinski definition) is 2. The first-order valence-electron chi connectivity index (χ1n) is 10.6. The van der Waals surface area contributed by atoms with Gasteiger partial charge in [0.15, 0.2) is 0 Å². The summed E-state index contributed by atoms with van der Waals surface area (Å²) < 4.78 is 77.6. The molecule has 0 fully saturated rings. The average Bonchev–Trinajstić information content (AvgIpc) is 2.76. The zero-order valence-corrected chi connectivity index (χ0v) is 18.6. The Morgan fingerprint density at radius 3 is 1.65 bits per heavy atom. The van der Waals surface area contributed by atoms with E-state index in [1.165, 1.54) is 0 Å². The van der Waals surface area contributed by atoms with Crippen LogP contribution in [-0.2, 0) is 8.85 Å². The van der Waals surface area contributed by atoms with Gasteiger partial charge in [0, 0.05) is 6.61 Å². The fraction of sp³-hybridized carbons (Fsp3) is 0.478. The molecule has 0 N–H and O–H groups in total. The lowest BCUT2D eigenvalue weighted by atomic mass is 10.1. The molecule has 0 unspecified atom stereocenters. The third-order valence-corrected chi connectivity index (χ3v) is 8.33. The van der Waals surface area contributed by atoms with Gasteiger partial charge in [0.25, 0.3) is 0 Å². The molecule has 172 valence electrons. The van der Waals surface area contributed by atoms with Crippen molar-refractivity contribution < 1.29 is 30.8 Å². The van der Waals surface area contributed by atoms with Crippen LogP contribution in [0.5, 0.6) is 0 Å². The molecule has 8 heteroatoms. The minimum absolute atomic E-state index is 0.222. The normalized spacial score (nSPS) is 12.8. The molecule has 0 saturated heterocycles. The van der Waals surface area contributed by atoms with E-state index in [1.54, 1.807) is 60.7 Å². The van der Waals surface area contributed by atoms with Crippen molar-refractivity contribution in [2.75, 3.05) is 13.2 Å².